The van der Waals surface area contributed by atoms with Gasteiger partial charge in [-0.25, -0.2) is 4.79 Å². The Bertz CT molecular complexity index is 407. The van der Waals surface area contributed by atoms with Crippen molar-refractivity contribution in [3.05, 3.63) is 27.8 Å². The smallest absolute Gasteiger partial charge is 0.411 e. The van der Waals surface area contributed by atoms with Crippen molar-refractivity contribution in [1.82, 2.24) is 0 Å². The van der Waals surface area contributed by atoms with Crippen molar-refractivity contribution in [2.45, 2.75) is 34.6 Å². The fourth-order valence-corrected chi connectivity index (χ4v) is 1.84. The van der Waals surface area contributed by atoms with Gasteiger partial charge in [0.05, 0.1) is 12.8 Å². The van der Waals surface area contributed by atoms with Gasteiger partial charge in [-0.15, -0.1) is 0 Å². The van der Waals surface area contributed by atoms with E-state index in [1.807, 2.05) is 13.8 Å². The van der Waals surface area contributed by atoms with Gasteiger partial charge in [-0.3, -0.25) is 5.32 Å². The average molecular weight is 221 g/mol. The first kappa shape index (κ1) is 12.6. The van der Waals surface area contributed by atoms with Gasteiger partial charge in [-0.05, 0) is 62.4 Å². The van der Waals surface area contributed by atoms with Gasteiger partial charge in [-0.2, -0.15) is 0 Å². The maximum Gasteiger partial charge on any atom is 0.411 e. The molecule has 0 aliphatic carbocycles. The number of hydrogen-bond acceptors (Lipinski definition) is 2. The van der Waals surface area contributed by atoms with E-state index in [9.17, 15) is 4.79 Å². The Labute approximate surface area is 96.8 Å². The van der Waals surface area contributed by atoms with Crippen molar-refractivity contribution >= 4 is 11.8 Å². The summed E-state index contributed by atoms with van der Waals surface area (Å²) in [7, 11) is 1.37. The molecule has 0 saturated carbocycles. The molecule has 0 aliphatic heterocycles. The van der Waals surface area contributed by atoms with Gasteiger partial charge in [0.1, 0.15) is 0 Å². The predicted molar refractivity (Wildman–Crippen MR) is 66.2 cm³/mol. The van der Waals surface area contributed by atoms with Gasteiger partial charge < -0.3 is 4.74 Å². The van der Waals surface area contributed by atoms with Crippen LogP contribution in [0.4, 0.5) is 10.5 Å². The summed E-state index contributed by atoms with van der Waals surface area (Å²) >= 11 is 0. The van der Waals surface area contributed by atoms with Crippen LogP contribution in [0.1, 0.15) is 27.8 Å². The van der Waals surface area contributed by atoms with Crippen LogP contribution in [0.25, 0.3) is 0 Å². The molecule has 16 heavy (non-hydrogen) atoms. The third-order valence-electron chi connectivity index (χ3n) is 3.41. The zero-order chi connectivity index (χ0) is 12.5. The van der Waals surface area contributed by atoms with E-state index in [0.717, 1.165) is 16.8 Å². The first-order chi connectivity index (χ1) is 7.40. The van der Waals surface area contributed by atoms with E-state index in [2.05, 4.69) is 30.8 Å². The molecule has 3 heteroatoms. The number of amides is 1. The van der Waals surface area contributed by atoms with E-state index in [0.29, 0.717) is 0 Å². The van der Waals surface area contributed by atoms with Crippen LogP contribution < -0.4 is 5.32 Å². The molecule has 0 aromatic heterocycles. The van der Waals surface area contributed by atoms with Crippen LogP contribution in [0.15, 0.2) is 0 Å². The summed E-state index contributed by atoms with van der Waals surface area (Å²) in [4.78, 5) is 11.3. The quantitative estimate of drug-likeness (QED) is 0.789. The van der Waals surface area contributed by atoms with E-state index in [-0.39, 0.29) is 0 Å². The van der Waals surface area contributed by atoms with E-state index >= 15 is 0 Å². The fraction of sp³-hybridized carbons (Fsp3) is 0.462. The Morgan fingerprint density at radius 1 is 0.875 bits per heavy atom. The van der Waals surface area contributed by atoms with Crippen molar-refractivity contribution in [2.24, 2.45) is 0 Å². The Morgan fingerprint density at radius 2 is 1.25 bits per heavy atom. The van der Waals surface area contributed by atoms with E-state index in [4.69, 9.17) is 0 Å². The minimum absolute atomic E-state index is 0.422. The molecule has 88 valence electrons. The van der Waals surface area contributed by atoms with E-state index in [1.54, 1.807) is 0 Å². The van der Waals surface area contributed by atoms with Gasteiger partial charge in [-0.1, -0.05) is 0 Å². The van der Waals surface area contributed by atoms with Gasteiger partial charge in [0.25, 0.3) is 0 Å². The summed E-state index contributed by atoms with van der Waals surface area (Å²) in [6, 6.07) is 0. The number of carbonyl (C=O) groups is 1. The zero-order valence-corrected chi connectivity index (χ0v) is 10.8. The lowest BCUT2D eigenvalue weighted by Crippen LogP contribution is -2.14. The SMILES string of the molecule is COC(=O)Nc1c(C)c(C)c(C)c(C)c1C. The first-order valence-corrected chi connectivity index (χ1v) is 5.32. The minimum Gasteiger partial charge on any atom is -0.453 e. The molecule has 1 N–H and O–H groups in total. The van der Waals surface area contributed by atoms with Gasteiger partial charge in [0, 0.05) is 0 Å². The van der Waals surface area contributed by atoms with Crippen LogP contribution in [-0.2, 0) is 4.74 Å². The molecule has 3 nitrogen and oxygen atoms in total. The standard InChI is InChI=1S/C13H19NO2/c1-7-8(2)10(4)12(11(5)9(7)3)14-13(15)16-6/h1-6H3,(H,14,15). The molecule has 0 bridgehead atoms. The zero-order valence-electron chi connectivity index (χ0n) is 10.8. The minimum atomic E-state index is -0.422. The molecular formula is C13H19NO2. The van der Waals surface area contributed by atoms with Crippen molar-refractivity contribution in [3.63, 3.8) is 0 Å². The second kappa shape index (κ2) is 4.56. The third-order valence-corrected chi connectivity index (χ3v) is 3.41. The predicted octanol–water partition coefficient (Wildman–Crippen LogP) is 3.41. The lowest BCUT2D eigenvalue weighted by molar-refractivity contribution is 0.187. The van der Waals surface area contributed by atoms with Crippen LogP contribution in [0.3, 0.4) is 0 Å². The number of anilines is 1. The maximum absolute atomic E-state index is 11.3. The summed E-state index contributed by atoms with van der Waals surface area (Å²) in [5.41, 5.74) is 6.79. The van der Waals surface area contributed by atoms with Crippen LogP contribution >= 0.6 is 0 Å². The molecule has 0 atom stereocenters. The number of ether oxygens (including phenoxy) is 1. The number of nitrogens with one attached hydrogen (secondary N) is 1. The molecule has 0 heterocycles. The Hall–Kier alpha value is -1.51. The summed E-state index contributed by atoms with van der Waals surface area (Å²) in [6.45, 7) is 10.3. The van der Waals surface area contributed by atoms with Crippen LogP contribution in [0, 0.1) is 34.6 Å². The third kappa shape index (κ3) is 2.03. The first-order valence-electron chi connectivity index (χ1n) is 5.32. The van der Waals surface area contributed by atoms with Gasteiger partial charge in [0.2, 0.25) is 0 Å². The Balaban J connectivity index is 3.34. The number of benzene rings is 1. The highest BCUT2D eigenvalue weighted by molar-refractivity contribution is 5.87. The van der Waals surface area contributed by atoms with Crippen molar-refractivity contribution in [3.8, 4) is 0 Å². The molecule has 0 fully saturated rings. The largest absolute Gasteiger partial charge is 0.453 e. The highest BCUT2D eigenvalue weighted by Gasteiger charge is 2.14. The van der Waals surface area contributed by atoms with Crippen molar-refractivity contribution in [2.75, 3.05) is 12.4 Å². The lowest BCUT2D eigenvalue weighted by Gasteiger charge is -2.18. The van der Waals surface area contributed by atoms with Gasteiger partial charge >= 0.3 is 6.09 Å². The molecule has 0 aliphatic rings. The molecule has 1 amide bonds. The number of carbonyl (C=O) groups excluding carboxylic acids is 1. The number of methoxy groups -OCH3 is 1. The Morgan fingerprint density at radius 3 is 1.62 bits per heavy atom. The summed E-state index contributed by atoms with van der Waals surface area (Å²) in [6.07, 6.45) is -0.422. The monoisotopic (exact) mass is 221 g/mol. The molecule has 0 unspecified atom stereocenters. The average Bonchev–Trinajstić information content (AvgIpc) is 2.29. The van der Waals surface area contributed by atoms with E-state index < -0.39 is 6.09 Å². The van der Waals surface area contributed by atoms with Crippen molar-refractivity contribution < 1.29 is 9.53 Å². The summed E-state index contributed by atoms with van der Waals surface area (Å²) in [5, 5.41) is 2.78. The number of hydrogen-bond donors (Lipinski definition) is 1. The van der Waals surface area contributed by atoms with Crippen LogP contribution in [0.5, 0.6) is 0 Å². The molecular weight excluding hydrogens is 202 g/mol. The highest BCUT2D eigenvalue weighted by atomic mass is 16.5. The topological polar surface area (TPSA) is 38.3 Å². The van der Waals surface area contributed by atoms with Crippen molar-refractivity contribution in [1.29, 1.82) is 0 Å². The molecule has 1 rings (SSSR count). The number of rotatable bonds is 1. The Kier molecular flexibility index (Phi) is 3.58. The molecule has 1 aromatic carbocycles. The molecule has 1 aromatic rings. The second-order valence-corrected chi connectivity index (χ2v) is 4.12. The summed E-state index contributed by atoms with van der Waals surface area (Å²) < 4.78 is 4.62. The van der Waals surface area contributed by atoms with Gasteiger partial charge in [0.15, 0.2) is 0 Å². The summed E-state index contributed by atoms with van der Waals surface area (Å²) in [5.74, 6) is 0. The highest BCUT2D eigenvalue weighted by Crippen LogP contribution is 2.30. The lowest BCUT2D eigenvalue weighted by atomic mass is 9.93. The fourth-order valence-electron chi connectivity index (χ4n) is 1.84. The molecule has 0 saturated heterocycles. The van der Waals surface area contributed by atoms with Crippen LogP contribution in [-0.4, -0.2) is 13.2 Å². The molecule has 0 spiro atoms. The van der Waals surface area contributed by atoms with E-state index in [1.165, 1.54) is 23.8 Å². The van der Waals surface area contributed by atoms with Crippen LogP contribution in [0.2, 0.25) is 0 Å². The second-order valence-electron chi connectivity index (χ2n) is 4.12. The normalized spacial score (nSPS) is 10.1. The molecule has 0 radical (unpaired) electrons. The maximum atomic E-state index is 11.3.